The van der Waals surface area contributed by atoms with Gasteiger partial charge in [0, 0.05) is 28.9 Å². The van der Waals surface area contributed by atoms with Crippen molar-refractivity contribution in [2.24, 2.45) is 0 Å². The number of hydrogen-bond acceptors (Lipinski definition) is 8. The van der Waals surface area contributed by atoms with Gasteiger partial charge in [-0.2, -0.15) is 0 Å². The Balaban J connectivity index is 1.47. The van der Waals surface area contributed by atoms with Gasteiger partial charge in [0.1, 0.15) is 18.8 Å². The van der Waals surface area contributed by atoms with Crippen LogP contribution in [0.5, 0.6) is 11.5 Å². The van der Waals surface area contributed by atoms with Crippen LogP contribution in [-0.2, 0) is 27.4 Å². The summed E-state index contributed by atoms with van der Waals surface area (Å²) in [6.45, 7) is 3.95. The summed E-state index contributed by atoms with van der Waals surface area (Å²) < 4.78 is 27.9. The fourth-order valence-electron chi connectivity index (χ4n) is 5.47. The summed E-state index contributed by atoms with van der Waals surface area (Å²) in [6, 6.07) is 15.5. The highest BCUT2D eigenvalue weighted by atomic mass is 35.5. The molecule has 0 amide bonds. The Kier molecular flexibility index (Phi) is 8.81. The van der Waals surface area contributed by atoms with Crippen molar-refractivity contribution in [2.45, 2.75) is 64.1 Å². The first kappa shape index (κ1) is 29.6. The van der Waals surface area contributed by atoms with Crippen molar-refractivity contribution in [2.75, 3.05) is 14.2 Å². The van der Waals surface area contributed by atoms with Crippen LogP contribution < -0.4 is 9.47 Å². The molecule has 0 spiro atoms. The zero-order chi connectivity index (χ0) is 29.9. The second-order valence-corrected chi connectivity index (χ2v) is 10.4. The summed E-state index contributed by atoms with van der Waals surface area (Å²) in [5.41, 5.74) is 2.29. The number of carbonyl (C=O) groups is 1. The molecular weight excluding hydrogens is 562 g/mol. The minimum atomic E-state index is -1.29. The van der Waals surface area contributed by atoms with Gasteiger partial charge in [-0.05, 0) is 66.1 Å². The smallest absolute Gasteiger partial charge is 0.335 e. The molecule has 0 saturated heterocycles. The fraction of sp³-hybridized carbons (Fsp3) is 0.400. The van der Waals surface area contributed by atoms with Gasteiger partial charge in [0.25, 0.3) is 0 Å². The highest BCUT2D eigenvalue weighted by molar-refractivity contribution is 6.30. The number of benzene rings is 2. The first-order chi connectivity index (χ1) is 20.4. The molecule has 1 aliphatic heterocycles. The average Bonchev–Trinajstić information content (AvgIpc) is 3.65. The van der Waals surface area contributed by atoms with Crippen LogP contribution in [0.4, 0.5) is 0 Å². The van der Waals surface area contributed by atoms with Gasteiger partial charge >= 0.3 is 5.97 Å². The molecule has 0 unspecified atom stereocenters. The highest BCUT2D eigenvalue weighted by Gasteiger charge is 2.37. The minimum absolute atomic E-state index is 0.0313. The Morgan fingerprint density at radius 3 is 2.62 bits per heavy atom. The van der Waals surface area contributed by atoms with E-state index in [1.807, 2.05) is 54.7 Å². The van der Waals surface area contributed by atoms with E-state index in [1.165, 1.54) is 0 Å². The van der Waals surface area contributed by atoms with Gasteiger partial charge in [-0.15, -0.1) is 5.10 Å². The molecule has 11 nitrogen and oxygen atoms in total. The summed E-state index contributed by atoms with van der Waals surface area (Å²) >= 11 is 6.51. The maximum Gasteiger partial charge on any atom is 0.335 e. The van der Waals surface area contributed by atoms with Crippen LogP contribution in [-0.4, -0.2) is 55.7 Å². The summed E-state index contributed by atoms with van der Waals surface area (Å²) in [5, 5.41) is 22.4. The van der Waals surface area contributed by atoms with Crippen LogP contribution in [0.3, 0.4) is 0 Å². The van der Waals surface area contributed by atoms with E-state index >= 15 is 0 Å². The molecule has 0 aliphatic carbocycles. The Morgan fingerprint density at radius 1 is 1.10 bits per heavy atom. The lowest BCUT2D eigenvalue weighted by Gasteiger charge is -2.27. The zero-order valence-corrected chi connectivity index (χ0v) is 24.7. The van der Waals surface area contributed by atoms with Crippen LogP contribution in [0.2, 0.25) is 5.02 Å². The second-order valence-electron chi connectivity index (χ2n) is 10.00. The summed E-state index contributed by atoms with van der Waals surface area (Å²) in [6.07, 6.45) is 2.25. The molecule has 42 heavy (non-hydrogen) atoms. The lowest BCUT2D eigenvalue weighted by molar-refractivity contribution is -0.169. The summed E-state index contributed by atoms with van der Waals surface area (Å²) in [4.78, 5) is 11.9. The number of para-hydroxylation sites is 1. The monoisotopic (exact) mass is 595 g/mol. The third-order valence-corrected chi connectivity index (χ3v) is 8.11. The van der Waals surface area contributed by atoms with Gasteiger partial charge < -0.3 is 28.6 Å². The number of hydrogen-bond donors (Lipinski definition) is 1. The van der Waals surface area contributed by atoms with Gasteiger partial charge in [0.15, 0.2) is 22.9 Å². The largest absolute Gasteiger partial charge is 0.493 e. The van der Waals surface area contributed by atoms with Crippen molar-refractivity contribution >= 4 is 17.6 Å². The average molecular weight is 596 g/mol. The number of ether oxygens (including phenoxy) is 4. The molecule has 2 aromatic heterocycles. The molecule has 3 heterocycles. The topological polar surface area (TPSA) is 123 Å². The van der Waals surface area contributed by atoms with Gasteiger partial charge in [-0.3, -0.25) is 0 Å². The van der Waals surface area contributed by atoms with Crippen molar-refractivity contribution in [1.82, 2.24) is 24.8 Å². The lowest BCUT2D eigenvalue weighted by atomic mass is 9.97. The third kappa shape index (κ3) is 5.47. The second kappa shape index (κ2) is 12.5. The highest BCUT2D eigenvalue weighted by Crippen LogP contribution is 2.46. The molecule has 0 fully saturated rings. The quantitative estimate of drug-likeness (QED) is 0.225. The Labute approximate surface area is 248 Å². The van der Waals surface area contributed by atoms with Crippen LogP contribution in [0.15, 0.2) is 54.7 Å². The van der Waals surface area contributed by atoms with Crippen LogP contribution in [0.1, 0.15) is 68.0 Å². The van der Waals surface area contributed by atoms with Crippen molar-refractivity contribution < 1.29 is 28.8 Å². The molecular formula is C30H34ClN5O6. The van der Waals surface area contributed by atoms with Gasteiger partial charge in [-0.1, -0.05) is 37.6 Å². The Hall–Kier alpha value is -3.93. The summed E-state index contributed by atoms with van der Waals surface area (Å²) in [7, 11) is 3.21. The van der Waals surface area contributed by atoms with E-state index in [0.717, 1.165) is 22.5 Å². The van der Waals surface area contributed by atoms with E-state index < -0.39 is 17.7 Å². The number of fused-ring (bicyclic) bond motifs is 3. The molecule has 1 aliphatic rings. The number of aromatic nitrogens is 5. The van der Waals surface area contributed by atoms with Crippen molar-refractivity contribution in [3.8, 4) is 17.2 Å². The van der Waals surface area contributed by atoms with Crippen LogP contribution in [0, 0.1) is 0 Å². The van der Waals surface area contributed by atoms with Crippen molar-refractivity contribution in [3.63, 3.8) is 0 Å². The molecule has 5 rings (SSSR count). The predicted molar refractivity (Wildman–Crippen MR) is 154 cm³/mol. The molecule has 1 N–H and O–H groups in total. The van der Waals surface area contributed by atoms with E-state index in [9.17, 15) is 9.90 Å². The Bertz CT molecular complexity index is 1550. The van der Waals surface area contributed by atoms with Crippen LogP contribution >= 0.6 is 11.6 Å². The molecule has 0 saturated carbocycles. The predicted octanol–water partition coefficient (Wildman–Crippen LogP) is 5.55. The van der Waals surface area contributed by atoms with Gasteiger partial charge in [-0.25, -0.2) is 9.48 Å². The normalized spacial score (nSPS) is 16.4. The molecule has 4 aromatic rings. The number of rotatable bonds is 12. The van der Waals surface area contributed by atoms with E-state index in [-0.39, 0.29) is 12.7 Å². The first-order valence-corrected chi connectivity index (χ1v) is 14.2. The van der Waals surface area contributed by atoms with E-state index in [2.05, 4.69) is 20.1 Å². The van der Waals surface area contributed by atoms with E-state index in [4.69, 9.17) is 30.5 Å². The number of methoxy groups -OCH3 is 2. The number of tetrazole rings is 1. The van der Waals surface area contributed by atoms with Crippen molar-refractivity contribution in [1.29, 1.82) is 0 Å². The molecule has 222 valence electrons. The molecule has 0 bridgehead atoms. The molecule has 2 atom stereocenters. The standard InChI is InChI=1S/C30H34ClN5O6/c1-5-30(6-2,29(37)38)41-18-26-32-33-34-36(26)16-14-24-23-10-8-15-35(23)22-13-12-19(31)17-21(22)27(42-24)20-9-7-11-25(39-3)28(20)40-4/h7-13,15,17,24,27H,5-6,14,16,18H2,1-4H3,(H,37,38)/t24-,27-/m1/s1. The number of halogens is 1. The maximum atomic E-state index is 11.9. The maximum absolute atomic E-state index is 11.9. The minimum Gasteiger partial charge on any atom is -0.493 e. The van der Waals surface area contributed by atoms with Crippen LogP contribution in [0.25, 0.3) is 5.69 Å². The van der Waals surface area contributed by atoms with E-state index in [0.29, 0.717) is 48.2 Å². The first-order valence-electron chi connectivity index (χ1n) is 13.8. The number of carboxylic acid groups (broad SMARTS) is 1. The molecule has 0 radical (unpaired) electrons. The number of aliphatic carboxylic acids is 1. The Morgan fingerprint density at radius 2 is 1.90 bits per heavy atom. The number of nitrogens with zero attached hydrogens (tertiary/aromatic N) is 5. The molecule has 2 aromatic carbocycles. The van der Waals surface area contributed by atoms with Gasteiger partial charge in [0.05, 0.1) is 25.6 Å². The SMILES string of the molecule is CCC(CC)(OCc1nnnn1CC[C@H]1O[C@H](c2cccc(OC)c2OC)c2cc(Cl)ccc2-n2cccc21)C(=O)O. The van der Waals surface area contributed by atoms with Crippen molar-refractivity contribution in [3.05, 3.63) is 82.4 Å². The third-order valence-electron chi connectivity index (χ3n) is 7.88. The van der Waals surface area contributed by atoms with E-state index in [1.54, 1.807) is 32.7 Å². The zero-order valence-electron chi connectivity index (χ0n) is 24.0. The fourth-order valence-corrected chi connectivity index (χ4v) is 5.65. The number of aryl methyl sites for hydroxylation is 1. The summed E-state index contributed by atoms with van der Waals surface area (Å²) in [5.74, 6) is 0.609. The van der Waals surface area contributed by atoms with Gasteiger partial charge in [0.2, 0.25) is 0 Å². The number of carboxylic acids is 1. The molecule has 12 heteroatoms. The lowest BCUT2D eigenvalue weighted by Crippen LogP contribution is -2.40.